The molecule has 0 bridgehead atoms. The zero-order valence-electron chi connectivity index (χ0n) is 17.1. The van der Waals surface area contributed by atoms with Crippen molar-refractivity contribution in [1.29, 1.82) is 0 Å². The minimum absolute atomic E-state index is 0.0316. The van der Waals surface area contributed by atoms with E-state index in [1.54, 1.807) is 42.5 Å². The molecular formula is C24H27Cl2NO3. The SMILES string of the molecule is CCCCC1CCC(C(=O)Oc2ccc(C(=O)Nc3cc(Cl)ccc3Cl)cc2)CC1. The first kappa shape index (κ1) is 22.6. The first-order valence-corrected chi connectivity index (χ1v) is 11.3. The van der Waals surface area contributed by atoms with E-state index in [0.717, 1.165) is 31.6 Å². The Kier molecular flexibility index (Phi) is 8.17. The number of benzene rings is 2. The van der Waals surface area contributed by atoms with Crippen LogP contribution in [0.3, 0.4) is 0 Å². The highest BCUT2D eigenvalue weighted by molar-refractivity contribution is 6.35. The summed E-state index contributed by atoms with van der Waals surface area (Å²) < 4.78 is 5.55. The lowest BCUT2D eigenvalue weighted by Gasteiger charge is -2.27. The van der Waals surface area contributed by atoms with Crippen molar-refractivity contribution in [2.45, 2.75) is 51.9 Å². The number of unbranched alkanes of at least 4 members (excludes halogenated alkanes) is 1. The Hall–Kier alpha value is -2.04. The first-order valence-electron chi connectivity index (χ1n) is 10.5. The fourth-order valence-corrected chi connectivity index (χ4v) is 4.18. The van der Waals surface area contributed by atoms with Crippen LogP contribution in [0.1, 0.15) is 62.2 Å². The van der Waals surface area contributed by atoms with Crippen molar-refractivity contribution in [1.82, 2.24) is 0 Å². The molecule has 2 aromatic rings. The Bertz CT molecular complexity index is 875. The molecule has 0 spiro atoms. The monoisotopic (exact) mass is 447 g/mol. The third-order valence-electron chi connectivity index (χ3n) is 5.66. The van der Waals surface area contributed by atoms with Crippen LogP contribution in [0.5, 0.6) is 5.75 Å². The molecule has 2 aromatic carbocycles. The van der Waals surface area contributed by atoms with Crippen molar-refractivity contribution in [2.75, 3.05) is 5.32 Å². The minimum atomic E-state index is -0.317. The average molecular weight is 448 g/mol. The van der Waals surface area contributed by atoms with Crippen LogP contribution in [0.15, 0.2) is 42.5 Å². The Morgan fingerprint density at radius 2 is 1.73 bits per heavy atom. The Morgan fingerprint density at radius 3 is 2.40 bits per heavy atom. The van der Waals surface area contributed by atoms with E-state index < -0.39 is 0 Å². The number of hydrogen-bond acceptors (Lipinski definition) is 3. The Labute approximate surface area is 187 Å². The number of hydrogen-bond donors (Lipinski definition) is 1. The van der Waals surface area contributed by atoms with Gasteiger partial charge in [-0.15, -0.1) is 0 Å². The van der Waals surface area contributed by atoms with Crippen molar-refractivity contribution < 1.29 is 14.3 Å². The molecular weight excluding hydrogens is 421 g/mol. The molecule has 3 rings (SSSR count). The maximum Gasteiger partial charge on any atom is 0.314 e. The smallest absolute Gasteiger partial charge is 0.314 e. The lowest BCUT2D eigenvalue weighted by molar-refractivity contribution is -0.140. The summed E-state index contributed by atoms with van der Waals surface area (Å²) in [6.45, 7) is 2.21. The highest BCUT2D eigenvalue weighted by atomic mass is 35.5. The summed E-state index contributed by atoms with van der Waals surface area (Å²) in [6, 6.07) is 11.4. The molecule has 1 fully saturated rings. The highest BCUT2D eigenvalue weighted by Gasteiger charge is 2.27. The summed E-state index contributed by atoms with van der Waals surface area (Å²) in [6.07, 6.45) is 7.76. The molecule has 1 saturated carbocycles. The van der Waals surface area contributed by atoms with Gasteiger partial charge in [0.05, 0.1) is 16.6 Å². The van der Waals surface area contributed by atoms with Crippen LogP contribution in [-0.4, -0.2) is 11.9 Å². The molecule has 0 unspecified atom stereocenters. The van der Waals surface area contributed by atoms with Gasteiger partial charge >= 0.3 is 5.97 Å². The van der Waals surface area contributed by atoms with Gasteiger partial charge in [-0.2, -0.15) is 0 Å². The number of halogens is 2. The predicted octanol–water partition coefficient (Wildman–Crippen LogP) is 7.15. The van der Waals surface area contributed by atoms with Gasteiger partial charge in [0, 0.05) is 10.6 Å². The molecule has 0 atom stereocenters. The van der Waals surface area contributed by atoms with Gasteiger partial charge in [-0.05, 0) is 74.1 Å². The number of rotatable bonds is 7. The number of carbonyl (C=O) groups is 2. The van der Waals surface area contributed by atoms with Gasteiger partial charge < -0.3 is 10.1 Å². The molecule has 1 amide bonds. The molecule has 0 aromatic heterocycles. The van der Waals surface area contributed by atoms with Gasteiger partial charge in [-0.25, -0.2) is 0 Å². The molecule has 30 heavy (non-hydrogen) atoms. The number of nitrogens with one attached hydrogen (secondary N) is 1. The van der Waals surface area contributed by atoms with E-state index in [1.807, 2.05) is 0 Å². The molecule has 0 aliphatic heterocycles. The third-order valence-corrected chi connectivity index (χ3v) is 6.22. The van der Waals surface area contributed by atoms with Crippen LogP contribution < -0.4 is 10.1 Å². The minimum Gasteiger partial charge on any atom is -0.426 e. The third kappa shape index (κ3) is 6.23. The van der Waals surface area contributed by atoms with Crippen LogP contribution in [0.25, 0.3) is 0 Å². The maximum atomic E-state index is 12.5. The molecule has 1 N–H and O–H groups in total. The van der Waals surface area contributed by atoms with E-state index >= 15 is 0 Å². The molecule has 0 radical (unpaired) electrons. The quantitative estimate of drug-likeness (QED) is 0.362. The van der Waals surface area contributed by atoms with E-state index in [1.165, 1.54) is 19.3 Å². The second kappa shape index (κ2) is 10.8. The average Bonchev–Trinajstić information content (AvgIpc) is 2.75. The van der Waals surface area contributed by atoms with Gasteiger partial charge in [-0.1, -0.05) is 49.4 Å². The summed E-state index contributed by atoms with van der Waals surface area (Å²) >= 11 is 12.0. The van der Waals surface area contributed by atoms with Crippen molar-refractivity contribution in [3.05, 3.63) is 58.1 Å². The fourth-order valence-electron chi connectivity index (χ4n) is 3.84. The van der Waals surface area contributed by atoms with Gasteiger partial charge in [-0.3, -0.25) is 9.59 Å². The standard InChI is InChI=1S/C24H27Cl2NO3/c1-2-3-4-16-5-7-18(8-6-16)24(29)30-20-12-9-17(10-13-20)23(28)27-22-15-19(25)11-14-21(22)26/h9-16,18H,2-8H2,1H3,(H,27,28). The number of carbonyl (C=O) groups excluding carboxylic acids is 2. The normalized spacial score (nSPS) is 18.6. The predicted molar refractivity (Wildman–Crippen MR) is 121 cm³/mol. The highest BCUT2D eigenvalue weighted by Crippen LogP contribution is 2.33. The van der Waals surface area contributed by atoms with Gasteiger partial charge in [0.2, 0.25) is 0 Å². The number of anilines is 1. The Morgan fingerprint density at radius 1 is 1.03 bits per heavy atom. The zero-order chi connectivity index (χ0) is 21.5. The molecule has 4 nitrogen and oxygen atoms in total. The summed E-state index contributed by atoms with van der Waals surface area (Å²) in [4.78, 5) is 24.9. The number of amides is 1. The van der Waals surface area contributed by atoms with Crippen molar-refractivity contribution in [3.63, 3.8) is 0 Å². The van der Waals surface area contributed by atoms with E-state index in [2.05, 4.69) is 12.2 Å². The van der Waals surface area contributed by atoms with Gasteiger partial charge in [0.1, 0.15) is 5.75 Å². The molecule has 1 aliphatic carbocycles. The van der Waals surface area contributed by atoms with Crippen LogP contribution in [0.4, 0.5) is 5.69 Å². The van der Waals surface area contributed by atoms with E-state index in [9.17, 15) is 9.59 Å². The summed E-state index contributed by atoms with van der Waals surface area (Å²) in [7, 11) is 0. The first-order chi connectivity index (χ1) is 14.5. The number of ether oxygens (including phenoxy) is 1. The molecule has 1 aliphatic rings. The van der Waals surface area contributed by atoms with Crippen molar-refractivity contribution >= 4 is 40.8 Å². The van der Waals surface area contributed by atoms with Crippen molar-refractivity contribution in [2.24, 2.45) is 11.8 Å². The zero-order valence-corrected chi connectivity index (χ0v) is 18.6. The van der Waals surface area contributed by atoms with Gasteiger partial charge in [0.25, 0.3) is 5.91 Å². The van der Waals surface area contributed by atoms with E-state index in [0.29, 0.717) is 27.0 Å². The Balaban J connectivity index is 1.52. The lowest BCUT2D eigenvalue weighted by Crippen LogP contribution is -2.25. The number of esters is 1. The largest absolute Gasteiger partial charge is 0.426 e. The van der Waals surface area contributed by atoms with Crippen LogP contribution >= 0.6 is 23.2 Å². The lowest BCUT2D eigenvalue weighted by atomic mass is 9.80. The summed E-state index contributed by atoms with van der Waals surface area (Å²) in [5.74, 6) is 0.676. The second-order valence-corrected chi connectivity index (χ2v) is 8.73. The van der Waals surface area contributed by atoms with Crippen LogP contribution in [0.2, 0.25) is 10.0 Å². The van der Waals surface area contributed by atoms with E-state index in [-0.39, 0.29) is 17.8 Å². The van der Waals surface area contributed by atoms with Crippen LogP contribution in [-0.2, 0) is 4.79 Å². The molecule has 0 heterocycles. The second-order valence-electron chi connectivity index (χ2n) is 7.88. The van der Waals surface area contributed by atoms with Crippen LogP contribution in [0, 0.1) is 11.8 Å². The molecule has 0 saturated heterocycles. The van der Waals surface area contributed by atoms with E-state index in [4.69, 9.17) is 27.9 Å². The molecule has 6 heteroatoms. The summed E-state index contributed by atoms with van der Waals surface area (Å²) in [5, 5.41) is 3.62. The van der Waals surface area contributed by atoms with Gasteiger partial charge in [0.15, 0.2) is 0 Å². The molecule has 160 valence electrons. The maximum absolute atomic E-state index is 12.5. The van der Waals surface area contributed by atoms with Crippen molar-refractivity contribution in [3.8, 4) is 5.75 Å². The topological polar surface area (TPSA) is 55.4 Å². The fraction of sp³-hybridized carbons (Fsp3) is 0.417. The summed E-state index contributed by atoms with van der Waals surface area (Å²) in [5.41, 5.74) is 0.876.